The van der Waals surface area contributed by atoms with E-state index in [9.17, 15) is 4.79 Å². The molecule has 0 saturated carbocycles. The maximum atomic E-state index is 11.5. The SMILES string of the molecule is CCNC(=O)c1ccc(NCc2ccc(Cl)s2)nn1. The highest BCUT2D eigenvalue weighted by Gasteiger charge is 2.06. The number of thiophene rings is 1. The Kier molecular flexibility index (Phi) is 4.70. The number of anilines is 1. The summed E-state index contributed by atoms with van der Waals surface area (Å²) in [5.74, 6) is 0.407. The third-order valence-electron chi connectivity index (χ3n) is 2.31. The van der Waals surface area contributed by atoms with Crippen molar-refractivity contribution in [2.75, 3.05) is 11.9 Å². The number of carbonyl (C=O) groups excluding carboxylic acids is 1. The second-order valence-corrected chi connectivity index (χ2v) is 5.52. The summed E-state index contributed by atoms with van der Waals surface area (Å²) in [7, 11) is 0. The van der Waals surface area contributed by atoms with Crippen LogP contribution in [-0.4, -0.2) is 22.6 Å². The number of aromatic nitrogens is 2. The molecule has 0 atom stereocenters. The number of carbonyl (C=O) groups is 1. The summed E-state index contributed by atoms with van der Waals surface area (Å²) >= 11 is 7.36. The Bertz CT molecular complexity index is 555. The van der Waals surface area contributed by atoms with E-state index in [-0.39, 0.29) is 5.91 Å². The number of halogens is 1. The van der Waals surface area contributed by atoms with Crippen LogP contribution >= 0.6 is 22.9 Å². The molecule has 19 heavy (non-hydrogen) atoms. The van der Waals surface area contributed by atoms with Gasteiger partial charge in [0.2, 0.25) is 0 Å². The lowest BCUT2D eigenvalue weighted by Gasteiger charge is -2.04. The van der Waals surface area contributed by atoms with E-state index >= 15 is 0 Å². The van der Waals surface area contributed by atoms with Crippen molar-refractivity contribution < 1.29 is 4.79 Å². The quantitative estimate of drug-likeness (QED) is 0.890. The Morgan fingerprint density at radius 1 is 1.32 bits per heavy atom. The predicted octanol–water partition coefficient (Wildman–Crippen LogP) is 2.55. The molecule has 0 aromatic carbocycles. The molecule has 2 aromatic rings. The van der Waals surface area contributed by atoms with Crippen molar-refractivity contribution in [3.8, 4) is 0 Å². The summed E-state index contributed by atoms with van der Waals surface area (Å²) in [5.41, 5.74) is 0.312. The van der Waals surface area contributed by atoms with Crippen LogP contribution in [0.25, 0.3) is 0 Å². The fourth-order valence-corrected chi connectivity index (χ4v) is 2.45. The van der Waals surface area contributed by atoms with Gasteiger partial charge in [0.05, 0.1) is 10.9 Å². The summed E-state index contributed by atoms with van der Waals surface area (Å²) in [6.45, 7) is 3.06. The molecule has 0 unspecified atom stereocenters. The highest BCUT2D eigenvalue weighted by Crippen LogP contribution is 2.21. The minimum absolute atomic E-state index is 0.216. The lowest BCUT2D eigenvalue weighted by atomic mass is 10.3. The van der Waals surface area contributed by atoms with Crippen molar-refractivity contribution >= 4 is 34.7 Å². The summed E-state index contributed by atoms with van der Waals surface area (Å²) < 4.78 is 0.759. The molecule has 5 nitrogen and oxygen atoms in total. The number of nitrogens with zero attached hydrogens (tertiary/aromatic N) is 2. The minimum Gasteiger partial charge on any atom is -0.364 e. The van der Waals surface area contributed by atoms with Crippen molar-refractivity contribution in [2.24, 2.45) is 0 Å². The minimum atomic E-state index is -0.216. The van der Waals surface area contributed by atoms with Gasteiger partial charge in [-0.25, -0.2) is 0 Å². The lowest BCUT2D eigenvalue weighted by molar-refractivity contribution is 0.0950. The first-order valence-corrected chi connectivity index (χ1v) is 6.98. The van der Waals surface area contributed by atoms with Crippen molar-refractivity contribution in [3.63, 3.8) is 0 Å². The molecule has 2 rings (SSSR count). The van der Waals surface area contributed by atoms with E-state index in [0.717, 1.165) is 9.21 Å². The molecule has 0 aliphatic rings. The van der Waals surface area contributed by atoms with Crippen LogP contribution in [0.15, 0.2) is 24.3 Å². The van der Waals surface area contributed by atoms with E-state index in [0.29, 0.717) is 24.6 Å². The highest BCUT2D eigenvalue weighted by atomic mass is 35.5. The van der Waals surface area contributed by atoms with Crippen LogP contribution < -0.4 is 10.6 Å². The number of nitrogens with one attached hydrogen (secondary N) is 2. The zero-order valence-electron chi connectivity index (χ0n) is 10.3. The molecule has 0 aliphatic carbocycles. The van der Waals surface area contributed by atoms with Crippen LogP contribution in [0.5, 0.6) is 0 Å². The fraction of sp³-hybridized carbons (Fsp3) is 0.250. The van der Waals surface area contributed by atoms with E-state index in [4.69, 9.17) is 11.6 Å². The largest absolute Gasteiger partial charge is 0.364 e. The predicted molar refractivity (Wildman–Crippen MR) is 76.7 cm³/mol. The molecule has 0 fully saturated rings. The molecule has 7 heteroatoms. The Labute approximate surface area is 120 Å². The maximum Gasteiger partial charge on any atom is 0.271 e. The zero-order valence-corrected chi connectivity index (χ0v) is 11.9. The van der Waals surface area contributed by atoms with Crippen LogP contribution in [0.2, 0.25) is 4.34 Å². The van der Waals surface area contributed by atoms with Gasteiger partial charge in [0.1, 0.15) is 5.82 Å². The Balaban J connectivity index is 1.93. The molecule has 0 spiro atoms. The molecule has 1 amide bonds. The molecule has 2 heterocycles. The third kappa shape index (κ3) is 3.90. The van der Waals surface area contributed by atoms with Gasteiger partial charge in [-0.3, -0.25) is 4.79 Å². The van der Waals surface area contributed by atoms with E-state index in [2.05, 4.69) is 20.8 Å². The number of hydrogen-bond donors (Lipinski definition) is 2. The molecular formula is C12H13ClN4OS. The highest BCUT2D eigenvalue weighted by molar-refractivity contribution is 7.16. The summed E-state index contributed by atoms with van der Waals surface area (Å²) in [6, 6.07) is 7.18. The van der Waals surface area contributed by atoms with Gasteiger partial charge in [-0.1, -0.05) is 11.6 Å². The molecule has 2 N–H and O–H groups in total. The van der Waals surface area contributed by atoms with Crippen molar-refractivity contribution in [3.05, 3.63) is 39.2 Å². The number of hydrogen-bond acceptors (Lipinski definition) is 5. The zero-order chi connectivity index (χ0) is 13.7. The first-order chi connectivity index (χ1) is 9.19. The Hall–Kier alpha value is -1.66. The molecule has 0 radical (unpaired) electrons. The van der Waals surface area contributed by atoms with Crippen molar-refractivity contribution in [1.29, 1.82) is 0 Å². The molecule has 2 aromatic heterocycles. The van der Waals surface area contributed by atoms with Gasteiger partial charge in [-0.2, -0.15) is 0 Å². The van der Waals surface area contributed by atoms with Crippen LogP contribution in [0.1, 0.15) is 22.3 Å². The van der Waals surface area contributed by atoms with Crippen LogP contribution in [-0.2, 0) is 6.54 Å². The average molecular weight is 297 g/mol. The van der Waals surface area contributed by atoms with Crippen LogP contribution in [0, 0.1) is 0 Å². The second-order valence-electron chi connectivity index (χ2n) is 3.72. The van der Waals surface area contributed by atoms with E-state index in [1.54, 1.807) is 12.1 Å². The number of amides is 1. The van der Waals surface area contributed by atoms with E-state index in [1.807, 2.05) is 19.1 Å². The topological polar surface area (TPSA) is 66.9 Å². The number of rotatable bonds is 5. The second kappa shape index (κ2) is 6.49. The first kappa shape index (κ1) is 13.8. The Morgan fingerprint density at radius 3 is 2.74 bits per heavy atom. The monoisotopic (exact) mass is 296 g/mol. The van der Waals surface area contributed by atoms with Gasteiger partial charge in [0.15, 0.2) is 5.69 Å². The van der Waals surface area contributed by atoms with Crippen LogP contribution in [0.4, 0.5) is 5.82 Å². The summed E-state index contributed by atoms with van der Waals surface area (Å²) in [5, 5.41) is 13.6. The summed E-state index contributed by atoms with van der Waals surface area (Å²) in [4.78, 5) is 12.6. The van der Waals surface area contributed by atoms with Crippen molar-refractivity contribution in [2.45, 2.75) is 13.5 Å². The van der Waals surface area contributed by atoms with E-state index in [1.165, 1.54) is 11.3 Å². The van der Waals surface area contributed by atoms with Gasteiger partial charge in [-0.05, 0) is 31.2 Å². The average Bonchev–Trinajstić information content (AvgIpc) is 2.83. The molecule has 0 saturated heterocycles. The standard InChI is InChI=1S/C12H13ClN4OS/c1-2-14-12(18)9-4-6-11(17-16-9)15-7-8-3-5-10(13)19-8/h3-6H,2,7H2,1H3,(H,14,18)(H,15,17). The first-order valence-electron chi connectivity index (χ1n) is 5.79. The smallest absolute Gasteiger partial charge is 0.271 e. The van der Waals surface area contributed by atoms with Gasteiger partial charge in [0.25, 0.3) is 5.91 Å². The maximum absolute atomic E-state index is 11.5. The third-order valence-corrected chi connectivity index (χ3v) is 3.54. The molecular weight excluding hydrogens is 284 g/mol. The Morgan fingerprint density at radius 2 is 2.16 bits per heavy atom. The van der Waals surface area contributed by atoms with Gasteiger partial charge >= 0.3 is 0 Å². The fourth-order valence-electron chi connectivity index (χ4n) is 1.42. The van der Waals surface area contributed by atoms with Crippen LogP contribution in [0.3, 0.4) is 0 Å². The molecule has 100 valence electrons. The molecule has 0 aliphatic heterocycles. The lowest BCUT2D eigenvalue weighted by Crippen LogP contribution is -2.24. The van der Waals surface area contributed by atoms with Gasteiger partial charge in [0, 0.05) is 11.4 Å². The molecule has 0 bridgehead atoms. The van der Waals surface area contributed by atoms with Gasteiger partial charge in [-0.15, -0.1) is 21.5 Å². The normalized spacial score (nSPS) is 10.2. The summed E-state index contributed by atoms with van der Waals surface area (Å²) in [6.07, 6.45) is 0. The van der Waals surface area contributed by atoms with E-state index < -0.39 is 0 Å². The van der Waals surface area contributed by atoms with Crippen molar-refractivity contribution in [1.82, 2.24) is 15.5 Å². The van der Waals surface area contributed by atoms with Gasteiger partial charge < -0.3 is 10.6 Å².